The first kappa shape index (κ1) is 10.0. The number of aromatic amines is 1. The highest BCUT2D eigenvalue weighted by Crippen LogP contribution is 2.13. The second-order valence-electron chi connectivity index (χ2n) is 3.49. The van der Waals surface area contributed by atoms with Crippen LogP contribution in [0.15, 0.2) is 46.9 Å². The van der Waals surface area contributed by atoms with E-state index in [0.717, 1.165) is 15.9 Å². The van der Waals surface area contributed by atoms with Crippen LogP contribution in [0.5, 0.6) is 0 Å². The molecule has 17 heavy (non-hydrogen) atoms. The van der Waals surface area contributed by atoms with Crippen LogP contribution in [-0.2, 0) is 0 Å². The number of thiophene rings is 1. The minimum Gasteiger partial charge on any atom is -0.323 e. The van der Waals surface area contributed by atoms with E-state index in [9.17, 15) is 0 Å². The number of H-pyrrole nitrogens is 1. The van der Waals surface area contributed by atoms with Crippen molar-refractivity contribution in [3.05, 3.63) is 46.7 Å². The van der Waals surface area contributed by atoms with E-state index in [1.165, 1.54) is 0 Å². The molecule has 0 saturated heterocycles. The van der Waals surface area contributed by atoms with Gasteiger partial charge < -0.3 is 4.98 Å². The van der Waals surface area contributed by atoms with Crippen LogP contribution in [0.25, 0.3) is 11.0 Å². The molecule has 0 saturated carbocycles. The van der Waals surface area contributed by atoms with E-state index >= 15 is 0 Å². The van der Waals surface area contributed by atoms with Crippen molar-refractivity contribution in [1.29, 1.82) is 0 Å². The summed E-state index contributed by atoms with van der Waals surface area (Å²) < 4.78 is 0. The maximum Gasteiger partial charge on any atom is 0.222 e. The Morgan fingerprint density at radius 1 is 1.24 bits per heavy atom. The molecule has 0 bridgehead atoms. The molecule has 2 N–H and O–H groups in total. The number of para-hydroxylation sites is 2. The minimum atomic E-state index is 0.652. The van der Waals surface area contributed by atoms with Gasteiger partial charge in [-0.1, -0.05) is 18.2 Å². The van der Waals surface area contributed by atoms with E-state index in [1.54, 1.807) is 17.6 Å². The third-order valence-corrected chi connectivity index (χ3v) is 3.10. The van der Waals surface area contributed by atoms with Gasteiger partial charge in [0.15, 0.2) is 0 Å². The van der Waals surface area contributed by atoms with E-state index < -0.39 is 0 Å². The molecule has 0 aliphatic rings. The summed E-state index contributed by atoms with van der Waals surface area (Å²) in [5.74, 6) is 0.652. The van der Waals surface area contributed by atoms with Crippen LogP contribution in [0, 0.1) is 0 Å². The zero-order chi connectivity index (χ0) is 11.5. The van der Waals surface area contributed by atoms with Crippen molar-refractivity contribution in [3.8, 4) is 0 Å². The van der Waals surface area contributed by atoms with Crippen molar-refractivity contribution in [1.82, 2.24) is 9.97 Å². The molecule has 3 rings (SSSR count). The van der Waals surface area contributed by atoms with E-state index in [0.29, 0.717) is 5.95 Å². The highest BCUT2D eigenvalue weighted by Gasteiger charge is 1.99. The summed E-state index contributed by atoms with van der Waals surface area (Å²) in [4.78, 5) is 8.60. The summed E-state index contributed by atoms with van der Waals surface area (Å²) in [6.07, 6.45) is 1.78. The Labute approximate surface area is 102 Å². The fraction of sp³-hybridized carbons (Fsp3) is 0. The third kappa shape index (κ3) is 2.19. The van der Waals surface area contributed by atoms with Gasteiger partial charge in [0, 0.05) is 4.88 Å². The predicted molar refractivity (Wildman–Crippen MR) is 71.6 cm³/mol. The second kappa shape index (κ2) is 4.39. The molecule has 0 fully saturated rings. The molecule has 0 radical (unpaired) electrons. The maximum atomic E-state index is 4.35. The van der Waals surface area contributed by atoms with Gasteiger partial charge in [-0.05, 0) is 23.6 Å². The van der Waals surface area contributed by atoms with Gasteiger partial charge in [-0.2, -0.15) is 5.10 Å². The number of hydrazone groups is 1. The van der Waals surface area contributed by atoms with Crippen LogP contribution in [0.3, 0.4) is 0 Å². The first-order valence-electron chi connectivity index (χ1n) is 5.19. The number of anilines is 1. The molecule has 1 aromatic carbocycles. The molecule has 84 valence electrons. The first-order valence-corrected chi connectivity index (χ1v) is 6.07. The molecule has 3 aromatic rings. The lowest BCUT2D eigenvalue weighted by Gasteiger charge is -1.91. The van der Waals surface area contributed by atoms with Gasteiger partial charge >= 0.3 is 0 Å². The normalized spacial score (nSPS) is 11.3. The van der Waals surface area contributed by atoms with Crippen molar-refractivity contribution in [2.45, 2.75) is 0 Å². The molecule has 2 heterocycles. The lowest BCUT2D eigenvalue weighted by molar-refractivity contribution is 1.22. The average molecular weight is 242 g/mol. The summed E-state index contributed by atoms with van der Waals surface area (Å²) in [5.41, 5.74) is 4.81. The standard InChI is InChI=1S/C12H10N4S/c1-2-6-11-10(5-1)14-12(15-11)16-13-8-9-4-3-7-17-9/h1-8H,(H2,14,15,16)/b13-8+. The quantitative estimate of drug-likeness (QED) is 0.548. The summed E-state index contributed by atoms with van der Waals surface area (Å²) >= 11 is 1.64. The third-order valence-electron chi connectivity index (χ3n) is 2.29. The lowest BCUT2D eigenvalue weighted by atomic mass is 10.3. The number of fused-ring (bicyclic) bond motifs is 1. The number of hydrogen-bond donors (Lipinski definition) is 2. The minimum absolute atomic E-state index is 0.652. The number of benzene rings is 1. The van der Waals surface area contributed by atoms with Crippen LogP contribution < -0.4 is 5.43 Å². The molecule has 0 aliphatic heterocycles. The largest absolute Gasteiger partial charge is 0.323 e. The fourth-order valence-corrected chi connectivity index (χ4v) is 2.11. The summed E-state index contributed by atoms with van der Waals surface area (Å²) in [5, 5.41) is 6.14. The Kier molecular flexibility index (Phi) is 2.59. The number of nitrogens with one attached hydrogen (secondary N) is 2. The molecule has 5 heteroatoms. The molecular formula is C12H10N4S. The van der Waals surface area contributed by atoms with Crippen molar-refractivity contribution < 1.29 is 0 Å². The Hall–Kier alpha value is -2.14. The zero-order valence-corrected chi connectivity index (χ0v) is 9.74. The Balaban J connectivity index is 1.77. The van der Waals surface area contributed by atoms with E-state index in [4.69, 9.17) is 0 Å². The molecule has 4 nitrogen and oxygen atoms in total. The highest BCUT2D eigenvalue weighted by molar-refractivity contribution is 7.11. The Morgan fingerprint density at radius 2 is 2.18 bits per heavy atom. The lowest BCUT2D eigenvalue weighted by Crippen LogP contribution is -1.90. The Morgan fingerprint density at radius 3 is 3.00 bits per heavy atom. The van der Waals surface area contributed by atoms with Crippen LogP contribution in [-0.4, -0.2) is 16.2 Å². The van der Waals surface area contributed by atoms with Crippen LogP contribution in [0.4, 0.5) is 5.95 Å². The van der Waals surface area contributed by atoms with Gasteiger partial charge in [0.25, 0.3) is 0 Å². The number of nitrogens with zero attached hydrogens (tertiary/aromatic N) is 2. The zero-order valence-electron chi connectivity index (χ0n) is 8.92. The summed E-state index contributed by atoms with van der Waals surface area (Å²) in [6, 6.07) is 11.9. The van der Waals surface area contributed by atoms with Gasteiger partial charge in [0.2, 0.25) is 5.95 Å². The van der Waals surface area contributed by atoms with Gasteiger partial charge in [-0.25, -0.2) is 10.4 Å². The highest BCUT2D eigenvalue weighted by atomic mass is 32.1. The molecule has 0 aliphatic carbocycles. The number of aromatic nitrogens is 2. The van der Waals surface area contributed by atoms with E-state index in [2.05, 4.69) is 20.5 Å². The molecule has 2 aromatic heterocycles. The number of hydrogen-bond acceptors (Lipinski definition) is 4. The van der Waals surface area contributed by atoms with Crippen molar-refractivity contribution in [3.63, 3.8) is 0 Å². The Bertz CT molecular complexity index is 606. The average Bonchev–Trinajstić information content (AvgIpc) is 2.96. The van der Waals surface area contributed by atoms with Gasteiger partial charge in [-0.3, -0.25) is 0 Å². The van der Waals surface area contributed by atoms with Gasteiger partial charge in [0.1, 0.15) is 0 Å². The summed E-state index contributed by atoms with van der Waals surface area (Å²) in [6.45, 7) is 0. The SMILES string of the molecule is C(=N\Nc1nc2ccccc2[nH]1)/c1cccs1. The predicted octanol–water partition coefficient (Wildman–Crippen LogP) is 3.07. The monoisotopic (exact) mass is 242 g/mol. The molecular weight excluding hydrogens is 232 g/mol. The molecule has 0 unspecified atom stereocenters. The van der Waals surface area contributed by atoms with E-state index in [1.807, 2.05) is 41.8 Å². The van der Waals surface area contributed by atoms with Gasteiger partial charge in [-0.15, -0.1) is 11.3 Å². The number of imidazole rings is 1. The first-order chi connectivity index (χ1) is 8.42. The molecule has 0 spiro atoms. The van der Waals surface area contributed by atoms with Gasteiger partial charge in [0.05, 0.1) is 17.2 Å². The van der Waals surface area contributed by atoms with Crippen molar-refractivity contribution in [2.75, 3.05) is 5.43 Å². The summed E-state index contributed by atoms with van der Waals surface area (Å²) in [7, 11) is 0. The van der Waals surface area contributed by atoms with E-state index in [-0.39, 0.29) is 0 Å². The van der Waals surface area contributed by atoms with Crippen LogP contribution in [0.1, 0.15) is 4.88 Å². The smallest absolute Gasteiger partial charge is 0.222 e. The van der Waals surface area contributed by atoms with Crippen molar-refractivity contribution in [2.24, 2.45) is 5.10 Å². The molecule has 0 amide bonds. The maximum absolute atomic E-state index is 4.35. The fourth-order valence-electron chi connectivity index (χ4n) is 1.53. The molecule has 0 atom stereocenters. The van der Waals surface area contributed by atoms with Crippen LogP contribution in [0.2, 0.25) is 0 Å². The topological polar surface area (TPSA) is 53.1 Å². The second-order valence-corrected chi connectivity index (χ2v) is 4.47. The van der Waals surface area contributed by atoms with Crippen LogP contribution >= 0.6 is 11.3 Å². The van der Waals surface area contributed by atoms with Crippen molar-refractivity contribution >= 4 is 34.5 Å². The number of rotatable bonds is 3.